The molecule has 0 spiro atoms. The van der Waals surface area contributed by atoms with Gasteiger partial charge in [-0.15, -0.1) is 0 Å². The van der Waals surface area contributed by atoms with Crippen LogP contribution < -0.4 is 10.6 Å². The molecule has 1 amide bonds. The summed E-state index contributed by atoms with van der Waals surface area (Å²) >= 11 is 0. The van der Waals surface area contributed by atoms with Crippen LogP contribution in [0.4, 0.5) is 5.69 Å². The lowest BCUT2D eigenvalue weighted by molar-refractivity contribution is 0.0822. The molecule has 0 aromatic carbocycles. The van der Waals surface area contributed by atoms with E-state index in [-0.39, 0.29) is 5.91 Å². The van der Waals surface area contributed by atoms with Crippen LogP contribution in [0.3, 0.4) is 0 Å². The average Bonchev–Trinajstić information content (AvgIpc) is 2.39. The van der Waals surface area contributed by atoms with Gasteiger partial charge in [0.1, 0.15) is 5.69 Å². The lowest BCUT2D eigenvalue weighted by atomic mass is 10.1. The summed E-state index contributed by atoms with van der Waals surface area (Å²) in [6.45, 7) is 2.10. The predicted molar refractivity (Wildman–Crippen MR) is 71.8 cm³/mol. The van der Waals surface area contributed by atoms with Crippen molar-refractivity contribution < 1.29 is 4.79 Å². The Morgan fingerprint density at radius 2 is 2.17 bits per heavy atom. The SMILES string of the molecule is CN(C)C(=O)c1cc(NC2CCNCC2)ccn1. The van der Waals surface area contributed by atoms with E-state index in [1.54, 1.807) is 20.3 Å². The Bertz CT molecular complexity index is 413. The molecular weight excluding hydrogens is 228 g/mol. The predicted octanol–water partition coefficient (Wildman–Crippen LogP) is 0.947. The van der Waals surface area contributed by atoms with Crippen molar-refractivity contribution in [3.8, 4) is 0 Å². The van der Waals surface area contributed by atoms with Crippen LogP contribution in [0.15, 0.2) is 18.3 Å². The van der Waals surface area contributed by atoms with Crippen molar-refractivity contribution in [2.45, 2.75) is 18.9 Å². The molecule has 1 aromatic heterocycles. The number of nitrogens with one attached hydrogen (secondary N) is 2. The van der Waals surface area contributed by atoms with E-state index in [1.165, 1.54) is 4.90 Å². The molecule has 0 aliphatic carbocycles. The van der Waals surface area contributed by atoms with Crippen molar-refractivity contribution >= 4 is 11.6 Å². The zero-order chi connectivity index (χ0) is 13.0. The first-order chi connectivity index (χ1) is 8.66. The molecule has 2 heterocycles. The minimum absolute atomic E-state index is 0.0658. The van der Waals surface area contributed by atoms with Gasteiger partial charge in [0.05, 0.1) is 0 Å². The highest BCUT2D eigenvalue weighted by molar-refractivity contribution is 5.92. The van der Waals surface area contributed by atoms with E-state index in [2.05, 4.69) is 15.6 Å². The molecule has 0 atom stereocenters. The van der Waals surface area contributed by atoms with E-state index in [1.807, 2.05) is 12.1 Å². The van der Waals surface area contributed by atoms with Gasteiger partial charge in [-0.3, -0.25) is 9.78 Å². The van der Waals surface area contributed by atoms with Crippen molar-refractivity contribution in [2.75, 3.05) is 32.5 Å². The Morgan fingerprint density at radius 1 is 1.44 bits per heavy atom. The van der Waals surface area contributed by atoms with Crippen molar-refractivity contribution in [3.63, 3.8) is 0 Å². The Balaban J connectivity index is 2.04. The molecule has 5 nitrogen and oxygen atoms in total. The molecule has 1 aliphatic rings. The molecule has 0 saturated carbocycles. The molecule has 2 N–H and O–H groups in total. The largest absolute Gasteiger partial charge is 0.382 e. The van der Waals surface area contributed by atoms with E-state index in [9.17, 15) is 4.79 Å². The van der Waals surface area contributed by atoms with Gasteiger partial charge < -0.3 is 15.5 Å². The van der Waals surface area contributed by atoms with Crippen molar-refractivity contribution in [1.82, 2.24) is 15.2 Å². The second kappa shape index (κ2) is 5.82. The summed E-state index contributed by atoms with van der Waals surface area (Å²) in [7, 11) is 3.47. The zero-order valence-electron chi connectivity index (χ0n) is 10.9. The number of pyridine rings is 1. The number of rotatable bonds is 3. The third-order valence-electron chi connectivity index (χ3n) is 3.10. The number of carbonyl (C=O) groups is 1. The van der Waals surface area contributed by atoms with Crippen LogP contribution >= 0.6 is 0 Å². The van der Waals surface area contributed by atoms with Crippen molar-refractivity contribution in [3.05, 3.63) is 24.0 Å². The van der Waals surface area contributed by atoms with Gasteiger partial charge in [0.2, 0.25) is 0 Å². The fourth-order valence-electron chi connectivity index (χ4n) is 2.07. The van der Waals surface area contributed by atoms with Crippen LogP contribution in [0.2, 0.25) is 0 Å². The standard InChI is InChI=1S/C13H20N4O/c1-17(2)13(18)12-9-11(5-8-15-12)16-10-3-6-14-7-4-10/h5,8-10,14H,3-4,6-7H2,1-2H3,(H,15,16). The van der Waals surface area contributed by atoms with Gasteiger partial charge in [0, 0.05) is 32.0 Å². The second-order valence-electron chi connectivity index (χ2n) is 4.80. The maximum Gasteiger partial charge on any atom is 0.272 e. The first-order valence-corrected chi connectivity index (χ1v) is 6.32. The maximum absolute atomic E-state index is 11.8. The summed E-state index contributed by atoms with van der Waals surface area (Å²) < 4.78 is 0. The molecule has 0 unspecified atom stereocenters. The lowest BCUT2D eigenvalue weighted by Crippen LogP contribution is -2.35. The monoisotopic (exact) mass is 248 g/mol. The highest BCUT2D eigenvalue weighted by Crippen LogP contribution is 2.14. The number of anilines is 1. The van der Waals surface area contributed by atoms with Crippen molar-refractivity contribution in [2.24, 2.45) is 0 Å². The second-order valence-corrected chi connectivity index (χ2v) is 4.80. The van der Waals surface area contributed by atoms with Gasteiger partial charge in [0.25, 0.3) is 5.91 Å². The Kier molecular flexibility index (Phi) is 4.15. The molecular formula is C13H20N4O. The Hall–Kier alpha value is -1.62. The molecule has 0 radical (unpaired) electrons. The Labute approximate surface area is 108 Å². The quantitative estimate of drug-likeness (QED) is 0.836. The van der Waals surface area contributed by atoms with Gasteiger partial charge in [-0.2, -0.15) is 0 Å². The maximum atomic E-state index is 11.8. The van der Waals surface area contributed by atoms with Crippen LogP contribution in [0.25, 0.3) is 0 Å². The molecule has 1 aromatic rings. The summed E-state index contributed by atoms with van der Waals surface area (Å²) in [5, 5.41) is 6.80. The fraction of sp³-hybridized carbons (Fsp3) is 0.538. The number of aromatic nitrogens is 1. The van der Waals surface area contributed by atoms with Crippen LogP contribution in [-0.2, 0) is 0 Å². The molecule has 1 fully saturated rings. The van der Waals surface area contributed by atoms with Crippen LogP contribution in [0.1, 0.15) is 23.3 Å². The molecule has 1 aliphatic heterocycles. The average molecular weight is 248 g/mol. The van der Waals surface area contributed by atoms with E-state index in [4.69, 9.17) is 0 Å². The summed E-state index contributed by atoms with van der Waals surface area (Å²) in [5.74, 6) is -0.0658. The summed E-state index contributed by atoms with van der Waals surface area (Å²) in [4.78, 5) is 17.5. The number of piperidine rings is 1. The summed E-state index contributed by atoms with van der Waals surface area (Å²) in [5.41, 5.74) is 1.46. The molecule has 2 rings (SSSR count). The molecule has 98 valence electrons. The van der Waals surface area contributed by atoms with Crippen LogP contribution in [0, 0.1) is 0 Å². The highest BCUT2D eigenvalue weighted by Gasteiger charge is 2.14. The lowest BCUT2D eigenvalue weighted by Gasteiger charge is -2.24. The van der Waals surface area contributed by atoms with E-state index in [0.29, 0.717) is 11.7 Å². The topological polar surface area (TPSA) is 57.3 Å². The van der Waals surface area contributed by atoms with Gasteiger partial charge in [0.15, 0.2) is 0 Å². The van der Waals surface area contributed by atoms with E-state index >= 15 is 0 Å². The zero-order valence-corrected chi connectivity index (χ0v) is 10.9. The molecule has 0 bridgehead atoms. The third-order valence-corrected chi connectivity index (χ3v) is 3.10. The number of hydrogen-bond acceptors (Lipinski definition) is 4. The minimum atomic E-state index is -0.0658. The van der Waals surface area contributed by atoms with E-state index in [0.717, 1.165) is 31.6 Å². The number of hydrogen-bond donors (Lipinski definition) is 2. The van der Waals surface area contributed by atoms with Gasteiger partial charge in [-0.25, -0.2) is 0 Å². The summed E-state index contributed by atoms with van der Waals surface area (Å²) in [6, 6.07) is 4.22. The number of amides is 1. The van der Waals surface area contributed by atoms with Gasteiger partial charge >= 0.3 is 0 Å². The Morgan fingerprint density at radius 3 is 2.83 bits per heavy atom. The smallest absolute Gasteiger partial charge is 0.272 e. The molecule has 5 heteroatoms. The third kappa shape index (κ3) is 3.20. The van der Waals surface area contributed by atoms with Gasteiger partial charge in [-0.05, 0) is 38.1 Å². The van der Waals surface area contributed by atoms with Crippen molar-refractivity contribution in [1.29, 1.82) is 0 Å². The normalized spacial score (nSPS) is 16.3. The fourth-order valence-corrected chi connectivity index (χ4v) is 2.07. The minimum Gasteiger partial charge on any atom is -0.382 e. The first kappa shape index (κ1) is 12.8. The first-order valence-electron chi connectivity index (χ1n) is 6.32. The van der Waals surface area contributed by atoms with Crippen LogP contribution in [-0.4, -0.2) is 49.0 Å². The number of carbonyl (C=O) groups excluding carboxylic acids is 1. The summed E-state index contributed by atoms with van der Waals surface area (Å²) in [6.07, 6.45) is 3.90. The van der Waals surface area contributed by atoms with Gasteiger partial charge in [-0.1, -0.05) is 0 Å². The van der Waals surface area contributed by atoms with Crippen LogP contribution in [0.5, 0.6) is 0 Å². The molecule has 1 saturated heterocycles. The molecule has 18 heavy (non-hydrogen) atoms. The van der Waals surface area contributed by atoms with E-state index < -0.39 is 0 Å². The highest BCUT2D eigenvalue weighted by atomic mass is 16.2. The number of nitrogens with zero attached hydrogens (tertiary/aromatic N) is 2.